The van der Waals surface area contributed by atoms with Crippen molar-refractivity contribution in [3.63, 3.8) is 0 Å². The smallest absolute Gasteiger partial charge is 0.224 e. The number of nitrogens with one attached hydrogen (secondary N) is 1. The molecule has 0 aliphatic carbocycles. The third-order valence-corrected chi connectivity index (χ3v) is 3.50. The van der Waals surface area contributed by atoms with Gasteiger partial charge < -0.3 is 5.32 Å². The van der Waals surface area contributed by atoms with Gasteiger partial charge in [-0.25, -0.2) is 0 Å². The van der Waals surface area contributed by atoms with Gasteiger partial charge in [-0.2, -0.15) is 10.2 Å². The fourth-order valence-corrected chi connectivity index (χ4v) is 2.05. The van der Waals surface area contributed by atoms with Crippen molar-refractivity contribution in [2.45, 2.75) is 40.2 Å². The zero-order valence-electron chi connectivity index (χ0n) is 12.5. The Labute approximate surface area is 118 Å². The number of hydrogen-bond donors (Lipinski definition) is 1. The first kappa shape index (κ1) is 14.3. The summed E-state index contributed by atoms with van der Waals surface area (Å²) in [5.74, 6) is 0.00440. The SMILES string of the molecule is CCn1cc(CCC(=O)Nc2cnn(C)c2C)c(C)n1. The molecule has 0 unspecified atom stereocenters. The molecule has 1 amide bonds. The molecule has 20 heavy (non-hydrogen) atoms. The second-order valence-electron chi connectivity index (χ2n) is 4.91. The van der Waals surface area contributed by atoms with Gasteiger partial charge in [0.1, 0.15) is 0 Å². The van der Waals surface area contributed by atoms with Crippen molar-refractivity contribution in [3.8, 4) is 0 Å². The second-order valence-corrected chi connectivity index (χ2v) is 4.91. The lowest BCUT2D eigenvalue weighted by Gasteiger charge is -2.04. The van der Waals surface area contributed by atoms with Crippen LogP contribution in [0.2, 0.25) is 0 Å². The van der Waals surface area contributed by atoms with Crippen LogP contribution in [0.4, 0.5) is 5.69 Å². The fourth-order valence-electron chi connectivity index (χ4n) is 2.05. The normalized spacial score (nSPS) is 10.8. The predicted molar refractivity (Wildman–Crippen MR) is 77.5 cm³/mol. The molecular formula is C14H21N5O. The molecule has 0 aliphatic heterocycles. The van der Waals surface area contributed by atoms with Crippen LogP contribution in [0.25, 0.3) is 0 Å². The molecule has 0 aliphatic rings. The van der Waals surface area contributed by atoms with Crippen LogP contribution in [-0.2, 0) is 24.8 Å². The van der Waals surface area contributed by atoms with Crippen molar-refractivity contribution in [1.29, 1.82) is 0 Å². The van der Waals surface area contributed by atoms with Crippen LogP contribution in [0, 0.1) is 13.8 Å². The summed E-state index contributed by atoms with van der Waals surface area (Å²) >= 11 is 0. The van der Waals surface area contributed by atoms with Gasteiger partial charge in [0.15, 0.2) is 0 Å². The van der Waals surface area contributed by atoms with Gasteiger partial charge in [-0.05, 0) is 32.8 Å². The zero-order chi connectivity index (χ0) is 14.7. The summed E-state index contributed by atoms with van der Waals surface area (Å²) in [6.07, 6.45) is 4.84. The van der Waals surface area contributed by atoms with E-state index in [9.17, 15) is 4.79 Å². The van der Waals surface area contributed by atoms with Gasteiger partial charge in [-0.3, -0.25) is 14.2 Å². The van der Waals surface area contributed by atoms with Crippen LogP contribution in [0.1, 0.15) is 30.3 Å². The molecule has 108 valence electrons. The monoisotopic (exact) mass is 275 g/mol. The number of nitrogens with zero attached hydrogens (tertiary/aromatic N) is 4. The van der Waals surface area contributed by atoms with Crippen molar-refractivity contribution < 1.29 is 4.79 Å². The Hall–Kier alpha value is -2.11. The molecule has 0 aromatic carbocycles. The number of carbonyl (C=O) groups excluding carboxylic acids is 1. The van der Waals surface area contributed by atoms with Gasteiger partial charge in [0.05, 0.1) is 23.3 Å². The molecule has 0 fully saturated rings. The topological polar surface area (TPSA) is 64.7 Å². The molecule has 2 rings (SSSR count). The Morgan fingerprint density at radius 1 is 1.40 bits per heavy atom. The molecule has 0 spiro atoms. The van der Waals surface area contributed by atoms with E-state index in [1.807, 2.05) is 38.7 Å². The summed E-state index contributed by atoms with van der Waals surface area (Å²) in [4.78, 5) is 12.0. The first-order valence-electron chi connectivity index (χ1n) is 6.82. The minimum absolute atomic E-state index is 0.00440. The molecule has 0 saturated carbocycles. The van der Waals surface area contributed by atoms with E-state index in [2.05, 4.69) is 15.5 Å². The quantitative estimate of drug-likeness (QED) is 0.905. The highest BCUT2D eigenvalue weighted by atomic mass is 16.1. The van der Waals surface area contributed by atoms with Crippen molar-refractivity contribution in [2.75, 3.05) is 5.32 Å². The molecule has 0 atom stereocenters. The van der Waals surface area contributed by atoms with E-state index >= 15 is 0 Å². The highest BCUT2D eigenvalue weighted by Gasteiger charge is 2.10. The lowest BCUT2D eigenvalue weighted by Crippen LogP contribution is -2.13. The number of carbonyl (C=O) groups is 1. The molecule has 2 aromatic rings. The van der Waals surface area contributed by atoms with Gasteiger partial charge in [-0.15, -0.1) is 0 Å². The van der Waals surface area contributed by atoms with Crippen molar-refractivity contribution in [3.05, 3.63) is 29.3 Å². The highest BCUT2D eigenvalue weighted by Crippen LogP contribution is 2.14. The van der Waals surface area contributed by atoms with Crippen molar-refractivity contribution in [1.82, 2.24) is 19.6 Å². The average Bonchev–Trinajstić information content (AvgIpc) is 2.94. The number of hydrogen-bond acceptors (Lipinski definition) is 3. The lowest BCUT2D eigenvalue weighted by molar-refractivity contribution is -0.116. The minimum atomic E-state index is 0.00440. The van der Waals surface area contributed by atoms with Crippen LogP contribution < -0.4 is 5.32 Å². The van der Waals surface area contributed by atoms with Crippen LogP contribution in [0.5, 0.6) is 0 Å². The molecule has 6 nitrogen and oxygen atoms in total. The summed E-state index contributed by atoms with van der Waals surface area (Å²) in [6.45, 7) is 6.80. The standard InChI is InChI=1S/C14H21N5O/c1-5-19-9-12(10(2)17-19)6-7-14(20)16-13-8-15-18(4)11(13)3/h8-9H,5-7H2,1-4H3,(H,16,20). The van der Waals surface area contributed by atoms with E-state index in [4.69, 9.17) is 0 Å². The number of aryl methyl sites for hydroxylation is 4. The maximum Gasteiger partial charge on any atom is 0.224 e. The second kappa shape index (κ2) is 5.90. The van der Waals surface area contributed by atoms with Crippen molar-refractivity contribution in [2.24, 2.45) is 7.05 Å². The van der Waals surface area contributed by atoms with Gasteiger partial charge in [0.25, 0.3) is 0 Å². The fraction of sp³-hybridized carbons (Fsp3) is 0.500. The van der Waals surface area contributed by atoms with E-state index in [1.54, 1.807) is 10.9 Å². The first-order valence-corrected chi connectivity index (χ1v) is 6.82. The lowest BCUT2D eigenvalue weighted by atomic mass is 10.1. The zero-order valence-corrected chi connectivity index (χ0v) is 12.5. The Balaban J connectivity index is 1.92. The molecule has 0 saturated heterocycles. The van der Waals surface area contributed by atoms with E-state index in [0.717, 1.165) is 29.2 Å². The van der Waals surface area contributed by atoms with E-state index in [-0.39, 0.29) is 5.91 Å². The van der Waals surface area contributed by atoms with Crippen molar-refractivity contribution >= 4 is 11.6 Å². The third-order valence-electron chi connectivity index (χ3n) is 3.50. The summed E-state index contributed by atoms with van der Waals surface area (Å²) in [5.41, 5.74) is 3.86. The molecule has 0 radical (unpaired) electrons. The molecule has 0 bridgehead atoms. The minimum Gasteiger partial charge on any atom is -0.323 e. The van der Waals surface area contributed by atoms with E-state index in [1.165, 1.54) is 0 Å². The number of aromatic nitrogens is 4. The third kappa shape index (κ3) is 3.07. The van der Waals surface area contributed by atoms with Crippen LogP contribution >= 0.6 is 0 Å². The summed E-state index contributed by atoms with van der Waals surface area (Å²) in [7, 11) is 1.85. The molecular weight excluding hydrogens is 254 g/mol. The summed E-state index contributed by atoms with van der Waals surface area (Å²) < 4.78 is 3.64. The Kier molecular flexibility index (Phi) is 4.22. The number of rotatable bonds is 5. The van der Waals surface area contributed by atoms with E-state index < -0.39 is 0 Å². The van der Waals surface area contributed by atoms with Crippen LogP contribution in [0.3, 0.4) is 0 Å². The molecule has 2 aromatic heterocycles. The van der Waals surface area contributed by atoms with Gasteiger partial charge in [-0.1, -0.05) is 0 Å². The Morgan fingerprint density at radius 2 is 2.15 bits per heavy atom. The highest BCUT2D eigenvalue weighted by molar-refractivity contribution is 5.91. The number of anilines is 1. The first-order chi connectivity index (χ1) is 9.51. The molecule has 6 heteroatoms. The Morgan fingerprint density at radius 3 is 2.70 bits per heavy atom. The Bertz CT molecular complexity index is 611. The maximum atomic E-state index is 12.0. The summed E-state index contributed by atoms with van der Waals surface area (Å²) in [6, 6.07) is 0. The van der Waals surface area contributed by atoms with Gasteiger partial charge in [0.2, 0.25) is 5.91 Å². The van der Waals surface area contributed by atoms with E-state index in [0.29, 0.717) is 12.8 Å². The van der Waals surface area contributed by atoms with Gasteiger partial charge in [0, 0.05) is 26.2 Å². The van der Waals surface area contributed by atoms with Gasteiger partial charge >= 0.3 is 0 Å². The maximum absolute atomic E-state index is 12.0. The average molecular weight is 275 g/mol. The molecule has 2 heterocycles. The predicted octanol–water partition coefficient (Wildman–Crippen LogP) is 1.82. The van der Waals surface area contributed by atoms with Crippen LogP contribution in [0.15, 0.2) is 12.4 Å². The molecule has 1 N–H and O–H groups in total. The van der Waals surface area contributed by atoms with Crippen LogP contribution in [-0.4, -0.2) is 25.5 Å². The number of amides is 1. The largest absolute Gasteiger partial charge is 0.323 e. The summed E-state index contributed by atoms with van der Waals surface area (Å²) in [5, 5.41) is 11.4.